The van der Waals surface area contributed by atoms with Crippen molar-refractivity contribution in [2.45, 2.75) is 0 Å². The van der Waals surface area contributed by atoms with Crippen molar-refractivity contribution < 1.29 is 0 Å². The Labute approximate surface area is 300 Å². The molecular weight excluding hydrogens is 633 g/mol. The van der Waals surface area contributed by atoms with E-state index in [4.69, 9.17) is 19.9 Å². The van der Waals surface area contributed by atoms with Crippen molar-refractivity contribution in [3.05, 3.63) is 182 Å². The monoisotopic (exact) mass is 662 g/mol. The minimum atomic E-state index is 0.606. The van der Waals surface area contributed by atoms with Crippen LogP contribution in [0.2, 0.25) is 0 Å². The highest BCUT2D eigenvalue weighted by atomic mass is 15.0. The normalized spacial score (nSPS) is 11.5. The van der Waals surface area contributed by atoms with Gasteiger partial charge in [-0.15, -0.1) is 0 Å². The first-order valence-electron chi connectivity index (χ1n) is 17.5. The summed E-state index contributed by atoms with van der Waals surface area (Å²) in [5.41, 5.74) is 6.83. The standard InChI is InChI=1S/C48H30N4/c1-3-14-33-28-37(25-23-31(33)12-1)46-50-47(38-26-24-32-13-2-4-15-34(32)29-38)52-48(51-46)43-21-10-9-20-41(43)42-22-11-27-49-45(42)44-39-18-7-5-16-35(39)30-36-17-6-8-19-40(36)44/h1-30H. The maximum absolute atomic E-state index is 5.21. The van der Waals surface area contributed by atoms with E-state index in [2.05, 4.69) is 170 Å². The van der Waals surface area contributed by atoms with Crippen LogP contribution in [0, 0.1) is 0 Å². The van der Waals surface area contributed by atoms with Gasteiger partial charge in [0.05, 0.1) is 5.69 Å². The molecule has 4 heteroatoms. The lowest BCUT2D eigenvalue weighted by Gasteiger charge is -2.17. The molecule has 8 aromatic carbocycles. The summed E-state index contributed by atoms with van der Waals surface area (Å²) in [6.45, 7) is 0. The van der Waals surface area contributed by atoms with E-state index in [1.807, 2.05) is 12.3 Å². The molecule has 0 spiro atoms. The fourth-order valence-electron chi connectivity index (χ4n) is 7.42. The van der Waals surface area contributed by atoms with Gasteiger partial charge < -0.3 is 0 Å². The fourth-order valence-corrected chi connectivity index (χ4v) is 7.42. The SMILES string of the molecule is c1ccc(-c2cccnc2-c2c3ccccc3cc3ccccc23)c(-c2nc(-c3ccc4ccccc4c3)nc(-c3ccc4ccccc4c3)n2)c1. The average Bonchev–Trinajstić information content (AvgIpc) is 3.22. The topological polar surface area (TPSA) is 51.6 Å². The second-order valence-electron chi connectivity index (χ2n) is 13.1. The molecule has 0 aliphatic rings. The van der Waals surface area contributed by atoms with Crippen molar-refractivity contribution in [1.82, 2.24) is 19.9 Å². The summed E-state index contributed by atoms with van der Waals surface area (Å²) < 4.78 is 0. The molecule has 10 aromatic rings. The van der Waals surface area contributed by atoms with Gasteiger partial charge in [0, 0.05) is 34.0 Å². The first-order chi connectivity index (χ1) is 25.8. The summed E-state index contributed by atoms with van der Waals surface area (Å²) in [5, 5.41) is 9.30. The molecule has 0 aliphatic carbocycles. The molecule has 0 saturated heterocycles. The van der Waals surface area contributed by atoms with Gasteiger partial charge in [0.2, 0.25) is 0 Å². The van der Waals surface area contributed by atoms with E-state index in [0.29, 0.717) is 17.5 Å². The zero-order chi connectivity index (χ0) is 34.4. The van der Waals surface area contributed by atoms with Gasteiger partial charge in [-0.3, -0.25) is 4.98 Å². The van der Waals surface area contributed by atoms with E-state index in [1.54, 1.807) is 0 Å². The molecule has 52 heavy (non-hydrogen) atoms. The first kappa shape index (κ1) is 29.8. The zero-order valence-corrected chi connectivity index (χ0v) is 28.1. The predicted molar refractivity (Wildman–Crippen MR) is 215 cm³/mol. The van der Waals surface area contributed by atoms with Crippen LogP contribution >= 0.6 is 0 Å². The largest absolute Gasteiger partial charge is 0.256 e. The van der Waals surface area contributed by atoms with Crippen LogP contribution in [0.4, 0.5) is 0 Å². The molecule has 0 aliphatic heterocycles. The summed E-state index contributed by atoms with van der Waals surface area (Å²) in [4.78, 5) is 20.6. The molecule has 0 atom stereocenters. The first-order valence-corrected chi connectivity index (χ1v) is 17.5. The van der Waals surface area contributed by atoms with Gasteiger partial charge in [-0.05, 0) is 72.9 Å². The quantitative estimate of drug-likeness (QED) is 0.172. The minimum Gasteiger partial charge on any atom is -0.256 e. The maximum atomic E-state index is 5.21. The van der Waals surface area contributed by atoms with E-state index in [1.165, 1.54) is 21.5 Å². The van der Waals surface area contributed by atoms with Gasteiger partial charge in [-0.2, -0.15) is 0 Å². The van der Waals surface area contributed by atoms with Gasteiger partial charge >= 0.3 is 0 Å². The Bertz CT molecular complexity index is 2830. The number of benzene rings is 8. The van der Waals surface area contributed by atoms with Crippen LogP contribution < -0.4 is 0 Å². The molecule has 2 heterocycles. The summed E-state index contributed by atoms with van der Waals surface area (Å²) in [7, 11) is 0. The zero-order valence-electron chi connectivity index (χ0n) is 28.1. The second-order valence-corrected chi connectivity index (χ2v) is 13.1. The van der Waals surface area contributed by atoms with Gasteiger partial charge in [0.15, 0.2) is 17.5 Å². The number of pyridine rings is 1. The molecule has 0 fully saturated rings. The molecular formula is C48H30N4. The molecule has 0 N–H and O–H groups in total. The molecule has 0 amide bonds. The minimum absolute atomic E-state index is 0.606. The smallest absolute Gasteiger partial charge is 0.164 e. The van der Waals surface area contributed by atoms with Crippen LogP contribution in [0.25, 0.3) is 99.6 Å². The molecule has 2 aromatic heterocycles. The van der Waals surface area contributed by atoms with E-state index in [9.17, 15) is 0 Å². The molecule has 0 unspecified atom stereocenters. The second kappa shape index (κ2) is 12.4. The summed E-state index contributed by atoms with van der Waals surface area (Å²) in [5.74, 6) is 1.86. The lowest BCUT2D eigenvalue weighted by Crippen LogP contribution is -2.01. The molecule has 4 nitrogen and oxygen atoms in total. The fraction of sp³-hybridized carbons (Fsp3) is 0. The van der Waals surface area contributed by atoms with Gasteiger partial charge in [0.1, 0.15) is 0 Å². The predicted octanol–water partition coefficient (Wildman–Crippen LogP) is 12.2. The van der Waals surface area contributed by atoms with E-state index >= 15 is 0 Å². The van der Waals surface area contributed by atoms with Crippen molar-refractivity contribution in [2.75, 3.05) is 0 Å². The third kappa shape index (κ3) is 5.17. The lowest BCUT2D eigenvalue weighted by atomic mass is 9.89. The van der Waals surface area contributed by atoms with Crippen LogP contribution in [0.3, 0.4) is 0 Å². The highest BCUT2D eigenvalue weighted by Gasteiger charge is 2.20. The van der Waals surface area contributed by atoms with Gasteiger partial charge in [0.25, 0.3) is 0 Å². The third-order valence-corrected chi connectivity index (χ3v) is 9.92. The van der Waals surface area contributed by atoms with Crippen molar-refractivity contribution in [2.24, 2.45) is 0 Å². The number of hydrogen-bond donors (Lipinski definition) is 0. The number of nitrogens with zero attached hydrogens (tertiary/aromatic N) is 4. The molecule has 242 valence electrons. The van der Waals surface area contributed by atoms with Crippen molar-refractivity contribution in [1.29, 1.82) is 0 Å². The maximum Gasteiger partial charge on any atom is 0.164 e. The third-order valence-electron chi connectivity index (χ3n) is 9.92. The van der Waals surface area contributed by atoms with Crippen LogP contribution in [-0.4, -0.2) is 19.9 Å². The Balaban J connectivity index is 1.21. The Morgan fingerprint density at radius 1 is 0.308 bits per heavy atom. The number of hydrogen-bond acceptors (Lipinski definition) is 4. The Hall–Kier alpha value is -7.04. The van der Waals surface area contributed by atoms with E-state index < -0.39 is 0 Å². The lowest BCUT2D eigenvalue weighted by molar-refractivity contribution is 1.08. The Kier molecular flexibility index (Phi) is 7.10. The summed E-state index contributed by atoms with van der Waals surface area (Å²) in [6, 6.07) is 61.5. The number of rotatable bonds is 5. The molecule has 0 radical (unpaired) electrons. The van der Waals surface area contributed by atoms with Crippen molar-refractivity contribution in [3.63, 3.8) is 0 Å². The van der Waals surface area contributed by atoms with E-state index in [0.717, 1.165) is 60.6 Å². The van der Waals surface area contributed by atoms with Crippen LogP contribution in [0.15, 0.2) is 182 Å². The van der Waals surface area contributed by atoms with Crippen LogP contribution in [0.1, 0.15) is 0 Å². The van der Waals surface area contributed by atoms with Crippen LogP contribution in [-0.2, 0) is 0 Å². The molecule has 10 rings (SSSR count). The van der Waals surface area contributed by atoms with Crippen LogP contribution in [0.5, 0.6) is 0 Å². The highest BCUT2D eigenvalue weighted by Crippen LogP contribution is 2.42. The average molecular weight is 663 g/mol. The van der Waals surface area contributed by atoms with Crippen molar-refractivity contribution in [3.8, 4) is 56.5 Å². The van der Waals surface area contributed by atoms with Gasteiger partial charge in [-0.1, -0.05) is 152 Å². The van der Waals surface area contributed by atoms with Gasteiger partial charge in [-0.25, -0.2) is 15.0 Å². The number of fused-ring (bicyclic) bond motifs is 4. The Morgan fingerprint density at radius 2 is 0.769 bits per heavy atom. The number of aromatic nitrogens is 4. The van der Waals surface area contributed by atoms with Crippen molar-refractivity contribution >= 4 is 43.1 Å². The summed E-state index contributed by atoms with van der Waals surface area (Å²) in [6.07, 6.45) is 1.89. The molecule has 0 saturated carbocycles. The Morgan fingerprint density at radius 3 is 1.37 bits per heavy atom. The van der Waals surface area contributed by atoms with E-state index in [-0.39, 0.29) is 0 Å². The highest BCUT2D eigenvalue weighted by molar-refractivity contribution is 6.14. The summed E-state index contributed by atoms with van der Waals surface area (Å²) >= 11 is 0. The molecule has 0 bridgehead atoms.